The average molecular weight is 315 g/mol. The Morgan fingerprint density at radius 1 is 1.44 bits per heavy atom. The highest BCUT2D eigenvalue weighted by Gasteiger charge is 2.29. The monoisotopic (exact) mass is 314 g/mol. The summed E-state index contributed by atoms with van der Waals surface area (Å²) in [7, 11) is 0. The average Bonchev–Trinajstić information content (AvgIpc) is 2.30. The molecule has 2 unspecified atom stereocenters. The van der Waals surface area contributed by atoms with E-state index in [2.05, 4.69) is 46.9 Å². The van der Waals surface area contributed by atoms with Crippen LogP contribution >= 0.6 is 15.9 Å². The van der Waals surface area contributed by atoms with E-state index in [1.807, 2.05) is 6.07 Å². The van der Waals surface area contributed by atoms with E-state index in [1.165, 1.54) is 6.07 Å². The van der Waals surface area contributed by atoms with Gasteiger partial charge in [-0.3, -0.25) is 0 Å². The van der Waals surface area contributed by atoms with Gasteiger partial charge in [-0.1, -0.05) is 19.9 Å². The number of nitrogens with zero attached hydrogens (tertiary/aromatic N) is 1. The molecule has 1 aliphatic rings. The maximum atomic E-state index is 14.0. The van der Waals surface area contributed by atoms with Crippen molar-refractivity contribution >= 4 is 21.6 Å². The van der Waals surface area contributed by atoms with Gasteiger partial charge in [0, 0.05) is 29.6 Å². The van der Waals surface area contributed by atoms with E-state index < -0.39 is 0 Å². The Balaban J connectivity index is 2.30. The summed E-state index contributed by atoms with van der Waals surface area (Å²) in [6.07, 6.45) is 0. The summed E-state index contributed by atoms with van der Waals surface area (Å²) in [5.74, 6) is 0.395. The minimum absolute atomic E-state index is 0.152. The molecule has 0 radical (unpaired) electrons. The molecule has 0 spiro atoms. The molecule has 1 heterocycles. The summed E-state index contributed by atoms with van der Waals surface area (Å²) < 4.78 is 14.9. The predicted molar refractivity (Wildman–Crippen MR) is 77.5 cm³/mol. The summed E-state index contributed by atoms with van der Waals surface area (Å²) in [4.78, 5) is 2.17. The number of piperazine rings is 1. The number of halogens is 2. The molecule has 1 N–H and O–H groups in total. The van der Waals surface area contributed by atoms with Gasteiger partial charge < -0.3 is 10.2 Å². The summed E-state index contributed by atoms with van der Waals surface area (Å²) >= 11 is 3.47. The van der Waals surface area contributed by atoms with Crippen LogP contribution in [0.25, 0.3) is 0 Å². The minimum atomic E-state index is -0.152. The van der Waals surface area contributed by atoms with Crippen molar-refractivity contribution in [2.24, 2.45) is 5.92 Å². The first-order valence-electron chi connectivity index (χ1n) is 6.44. The number of benzene rings is 1. The Morgan fingerprint density at radius 2 is 2.17 bits per heavy atom. The molecule has 1 saturated heterocycles. The predicted octanol–water partition coefficient (Wildman–Crippen LogP) is 3.41. The Bertz CT molecular complexity index is 402. The van der Waals surface area contributed by atoms with E-state index in [4.69, 9.17) is 0 Å². The Morgan fingerprint density at radius 3 is 2.78 bits per heavy atom. The largest absolute Gasteiger partial charge is 0.363 e. The molecule has 2 rings (SSSR count). The summed E-state index contributed by atoms with van der Waals surface area (Å²) in [5.41, 5.74) is 0.692. The molecule has 0 saturated carbocycles. The number of rotatable bonds is 2. The number of para-hydroxylation sites is 1. The van der Waals surface area contributed by atoms with Crippen LogP contribution in [-0.2, 0) is 0 Å². The minimum Gasteiger partial charge on any atom is -0.363 e. The van der Waals surface area contributed by atoms with Crippen molar-refractivity contribution in [1.29, 1.82) is 0 Å². The van der Waals surface area contributed by atoms with E-state index in [1.54, 1.807) is 6.07 Å². The van der Waals surface area contributed by atoms with E-state index in [9.17, 15) is 4.39 Å². The van der Waals surface area contributed by atoms with Gasteiger partial charge in [-0.2, -0.15) is 0 Å². The topological polar surface area (TPSA) is 15.3 Å². The Hall–Kier alpha value is -0.610. The van der Waals surface area contributed by atoms with Crippen molar-refractivity contribution in [2.45, 2.75) is 32.9 Å². The third kappa shape index (κ3) is 2.69. The Kier molecular flexibility index (Phi) is 4.28. The second-order valence-electron chi connectivity index (χ2n) is 5.33. The molecule has 0 aromatic heterocycles. The molecule has 2 nitrogen and oxygen atoms in total. The van der Waals surface area contributed by atoms with E-state index in [0.717, 1.165) is 17.6 Å². The molecule has 0 amide bonds. The lowest BCUT2D eigenvalue weighted by Gasteiger charge is -2.42. The molecule has 1 fully saturated rings. The van der Waals surface area contributed by atoms with Crippen LogP contribution in [-0.4, -0.2) is 25.2 Å². The molecule has 0 aliphatic carbocycles. The van der Waals surface area contributed by atoms with Crippen LogP contribution in [0.3, 0.4) is 0 Å². The zero-order valence-corrected chi connectivity index (χ0v) is 12.7. The number of hydrogen-bond acceptors (Lipinski definition) is 2. The van der Waals surface area contributed by atoms with Crippen LogP contribution in [0, 0.1) is 11.7 Å². The zero-order valence-electron chi connectivity index (χ0n) is 11.1. The second-order valence-corrected chi connectivity index (χ2v) is 6.18. The van der Waals surface area contributed by atoms with Gasteiger partial charge in [0.2, 0.25) is 0 Å². The number of anilines is 1. The molecule has 18 heavy (non-hydrogen) atoms. The number of hydrogen-bond donors (Lipinski definition) is 1. The van der Waals surface area contributed by atoms with Gasteiger partial charge in [-0.05, 0) is 40.9 Å². The first kappa shape index (κ1) is 13.8. The van der Waals surface area contributed by atoms with Crippen LogP contribution < -0.4 is 10.2 Å². The van der Waals surface area contributed by atoms with Gasteiger partial charge in [0.1, 0.15) is 5.82 Å². The van der Waals surface area contributed by atoms with E-state index in [0.29, 0.717) is 23.7 Å². The van der Waals surface area contributed by atoms with Crippen molar-refractivity contribution in [1.82, 2.24) is 5.32 Å². The molecule has 1 aromatic rings. The molecule has 4 heteroatoms. The number of nitrogens with one attached hydrogen (secondary N) is 1. The smallest absolute Gasteiger partial charge is 0.147 e. The van der Waals surface area contributed by atoms with Gasteiger partial charge >= 0.3 is 0 Å². The highest BCUT2D eigenvalue weighted by atomic mass is 79.9. The van der Waals surface area contributed by atoms with E-state index in [-0.39, 0.29) is 5.82 Å². The zero-order chi connectivity index (χ0) is 13.3. The van der Waals surface area contributed by atoms with Crippen molar-refractivity contribution in [3.63, 3.8) is 0 Å². The van der Waals surface area contributed by atoms with Crippen molar-refractivity contribution in [3.8, 4) is 0 Å². The van der Waals surface area contributed by atoms with Crippen molar-refractivity contribution < 1.29 is 4.39 Å². The first-order chi connectivity index (χ1) is 8.50. The van der Waals surface area contributed by atoms with Crippen LogP contribution in [0.5, 0.6) is 0 Å². The maximum Gasteiger partial charge on any atom is 0.147 e. The standard InChI is InChI=1S/C14H20BrFN2/c1-9(2)13-8-18(10(3)7-17-13)14-11(15)5-4-6-12(14)16/h4-6,9-10,13,17H,7-8H2,1-3H3. The lowest BCUT2D eigenvalue weighted by molar-refractivity contribution is 0.335. The van der Waals surface area contributed by atoms with Gasteiger partial charge in [0.05, 0.1) is 5.69 Å². The fourth-order valence-corrected chi connectivity index (χ4v) is 2.98. The van der Waals surface area contributed by atoms with Gasteiger partial charge in [-0.15, -0.1) is 0 Å². The van der Waals surface area contributed by atoms with Crippen molar-refractivity contribution in [3.05, 3.63) is 28.5 Å². The third-order valence-electron chi connectivity index (χ3n) is 3.63. The van der Waals surface area contributed by atoms with Crippen molar-refractivity contribution in [2.75, 3.05) is 18.0 Å². The van der Waals surface area contributed by atoms with Gasteiger partial charge in [0.15, 0.2) is 0 Å². The molecular weight excluding hydrogens is 295 g/mol. The lowest BCUT2D eigenvalue weighted by atomic mass is 9.99. The van der Waals surface area contributed by atoms with E-state index >= 15 is 0 Å². The summed E-state index contributed by atoms with van der Waals surface area (Å²) in [5, 5.41) is 3.53. The fourth-order valence-electron chi connectivity index (χ4n) is 2.41. The fraction of sp³-hybridized carbons (Fsp3) is 0.571. The highest BCUT2D eigenvalue weighted by molar-refractivity contribution is 9.10. The SMILES string of the molecule is CC(C)C1CN(c2c(F)cccc2Br)C(C)CN1. The molecule has 0 bridgehead atoms. The normalized spacial score (nSPS) is 24.7. The molecule has 1 aliphatic heterocycles. The Labute approximate surface area is 117 Å². The quantitative estimate of drug-likeness (QED) is 0.900. The van der Waals surface area contributed by atoms with Gasteiger partial charge in [-0.25, -0.2) is 4.39 Å². The second kappa shape index (κ2) is 5.57. The maximum absolute atomic E-state index is 14.0. The molecule has 2 atom stereocenters. The van der Waals surface area contributed by atoms with Crippen LogP contribution in [0.4, 0.5) is 10.1 Å². The van der Waals surface area contributed by atoms with Crippen LogP contribution in [0.15, 0.2) is 22.7 Å². The molecular formula is C14H20BrFN2. The van der Waals surface area contributed by atoms with Crippen LogP contribution in [0.1, 0.15) is 20.8 Å². The molecule has 100 valence electrons. The first-order valence-corrected chi connectivity index (χ1v) is 7.24. The lowest BCUT2D eigenvalue weighted by Crippen LogP contribution is -2.57. The highest BCUT2D eigenvalue weighted by Crippen LogP contribution is 2.32. The summed E-state index contributed by atoms with van der Waals surface area (Å²) in [6.45, 7) is 8.26. The van der Waals surface area contributed by atoms with Gasteiger partial charge in [0.25, 0.3) is 0 Å². The van der Waals surface area contributed by atoms with Crippen LogP contribution in [0.2, 0.25) is 0 Å². The third-order valence-corrected chi connectivity index (χ3v) is 4.27. The molecule has 1 aromatic carbocycles. The summed E-state index contributed by atoms with van der Waals surface area (Å²) in [6, 6.07) is 5.87.